The minimum Gasteiger partial charge on any atom is -0.396 e. The van der Waals surface area contributed by atoms with Crippen LogP contribution in [0.1, 0.15) is 11.4 Å². The maximum absolute atomic E-state index is 12.9. The summed E-state index contributed by atoms with van der Waals surface area (Å²) >= 11 is 0. The average molecular weight is 263 g/mol. The first-order valence-corrected chi connectivity index (χ1v) is 5.69. The van der Waals surface area contributed by atoms with Crippen molar-refractivity contribution in [3.63, 3.8) is 0 Å². The van der Waals surface area contributed by atoms with Crippen LogP contribution in [0.5, 0.6) is 0 Å². The van der Waals surface area contributed by atoms with Gasteiger partial charge in [-0.25, -0.2) is 4.98 Å². The van der Waals surface area contributed by atoms with Crippen LogP contribution < -0.4 is 11.1 Å². The van der Waals surface area contributed by atoms with E-state index in [0.29, 0.717) is 11.4 Å². The molecule has 0 aliphatic rings. The molecule has 1 amide bonds. The lowest BCUT2D eigenvalue weighted by molar-refractivity contribution is -0.117. The molecule has 2 aromatic heterocycles. The number of halogens is 1. The summed E-state index contributed by atoms with van der Waals surface area (Å²) in [5, 5.41) is 6.64. The average Bonchev–Trinajstić information content (AvgIpc) is 2.57. The molecule has 0 aliphatic carbocycles. The maximum atomic E-state index is 12.9. The van der Waals surface area contributed by atoms with Crippen LogP contribution in [0.25, 0.3) is 0 Å². The van der Waals surface area contributed by atoms with Gasteiger partial charge in [0.25, 0.3) is 0 Å². The first kappa shape index (κ1) is 13.0. The van der Waals surface area contributed by atoms with Crippen molar-refractivity contribution in [2.24, 2.45) is 0 Å². The van der Waals surface area contributed by atoms with Crippen LogP contribution in [0.4, 0.5) is 15.9 Å². The fourth-order valence-corrected chi connectivity index (χ4v) is 1.66. The highest BCUT2D eigenvalue weighted by Gasteiger charge is 2.12. The Bertz CT molecular complexity index is 623. The first-order chi connectivity index (χ1) is 8.97. The third-order valence-electron chi connectivity index (χ3n) is 2.71. The molecular formula is C12H14FN5O. The van der Waals surface area contributed by atoms with E-state index >= 15 is 0 Å². The summed E-state index contributed by atoms with van der Waals surface area (Å²) in [6.07, 6.45) is 0. The molecule has 0 unspecified atom stereocenters. The molecule has 3 N–H and O–H groups in total. The van der Waals surface area contributed by atoms with Gasteiger partial charge in [-0.05, 0) is 26.0 Å². The highest BCUT2D eigenvalue weighted by Crippen LogP contribution is 2.14. The summed E-state index contributed by atoms with van der Waals surface area (Å²) in [7, 11) is 0. The second-order valence-corrected chi connectivity index (χ2v) is 4.14. The molecule has 0 aromatic carbocycles. The zero-order valence-corrected chi connectivity index (χ0v) is 10.6. The standard InChI is InChI=1S/C12H14FN5O/c1-7-12(14)8(2)18(17-7)6-11(19)16-10-5-3-4-9(13)15-10/h3-5H,6,14H2,1-2H3,(H,15,16,19). The number of rotatable bonds is 3. The molecular weight excluding hydrogens is 249 g/mol. The van der Waals surface area contributed by atoms with E-state index in [1.165, 1.54) is 22.9 Å². The molecule has 0 saturated heterocycles. The third-order valence-corrected chi connectivity index (χ3v) is 2.71. The quantitative estimate of drug-likeness (QED) is 0.816. The fraction of sp³-hybridized carbons (Fsp3) is 0.250. The number of carbonyl (C=O) groups is 1. The predicted octanol–water partition coefficient (Wildman–Crippen LogP) is 1.25. The number of hydrogen-bond acceptors (Lipinski definition) is 4. The molecule has 7 heteroatoms. The lowest BCUT2D eigenvalue weighted by Crippen LogP contribution is -2.21. The van der Waals surface area contributed by atoms with Gasteiger partial charge in [-0.2, -0.15) is 9.49 Å². The zero-order valence-electron chi connectivity index (χ0n) is 10.6. The summed E-state index contributed by atoms with van der Waals surface area (Å²) in [4.78, 5) is 15.3. The largest absolute Gasteiger partial charge is 0.396 e. The Morgan fingerprint density at radius 2 is 2.21 bits per heavy atom. The van der Waals surface area contributed by atoms with Crippen LogP contribution in [-0.2, 0) is 11.3 Å². The Morgan fingerprint density at radius 3 is 2.79 bits per heavy atom. The molecule has 19 heavy (non-hydrogen) atoms. The van der Waals surface area contributed by atoms with Crippen LogP contribution in [-0.4, -0.2) is 20.7 Å². The van der Waals surface area contributed by atoms with Crippen LogP contribution in [0.2, 0.25) is 0 Å². The van der Waals surface area contributed by atoms with Gasteiger partial charge < -0.3 is 11.1 Å². The van der Waals surface area contributed by atoms with Crippen LogP contribution in [0, 0.1) is 19.8 Å². The lowest BCUT2D eigenvalue weighted by Gasteiger charge is -2.06. The van der Waals surface area contributed by atoms with Gasteiger partial charge in [0.05, 0.1) is 17.1 Å². The molecule has 2 heterocycles. The number of hydrogen-bond donors (Lipinski definition) is 2. The predicted molar refractivity (Wildman–Crippen MR) is 68.9 cm³/mol. The zero-order chi connectivity index (χ0) is 14.0. The molecule has 0 bridgehead atoms. The minimum atomic E-state index is -0.645. The van der Waals surface area contributed by atoms with Crippen molar-refractivity contribution in [3.8, 4) is 0 Å². The van der Waals surface area contributed by atoms with Crippen molar-refractivity contribution in [3.05, 3.63) is 35.5 Å². The van der Waals surface area contributed by atoms with E-state index in [2.05, 4.69) is 15.4 Å². The summed E-state index contributed by atoms with van der Waals surface area (Å²) in [6, 6.07) is 4.19. The summed E-state index contributed by atoms with van der Waals surface area (Å²) in [5.74, 6) is -0.823. The van der Waals surface area contributed by atoms with E-state index in [0.717, 1.165) is 5.69 Å². The van der Waals surface area contributed by atoms with Crippen LogP contribution in [0.3, 0.4) is 0 Å². The number of nitrogen functional groups attached to an aromatic ring is 1. The third kappa shape index (κ3) is 2.87. The summed E-state index contributed by atoms with van der Waals surface area (Å²) in [5.41, 5.74) is 7.74. The Kier molecular flexibility index (Phi) is 3.46. The molecule has 100 valence electrons. The van der Waals surface area contributed by atoms with Gasteiger partial charge in [0.2, 0.25) is 11.9 Å². The van der Waals surface area contributed by atoms with Gasteiger partial charge in [-0.15, -0.1) is 0 Å². The maximum Gasteiger partial charge on any atom is 0.247 e. The Hall–Kier alpha value is -2.44. The molecule has 2 aromatic rings. The Labute approximate surface area is 109 Å². The number of carbonyl (C=O) groups excluding carboxylic acids is 1. The molecule has 0 atom stereocenters. The lowest BCUT2D eigenvalue weighted by atomic mass is 10.3. The van der Waals surface area contributed by atoms with E-state index in [-0.39, 0.29) is 18.3 Å². The van der Waals surface area contributed by atoms with Crippen molar-refractivity contribution in [1.29, 1.82) is 0 Å². The summed E-state index contributed by atoms with van der Waals surface area (Å²) < 4.78 is 14.4. The molecule has 0 spiro atoms. The van der Waals surface area contributed by atoms with Crippen molar-refractivity contribution in [2.45, 2.75) is 20.4 Å². The second kappa shape index (κ2) is 5.05. The van der Waals surface area contributed by atoms with Crippen LogP contribution in [0.15, 0.2) is 18.2 Å². The molecule has 0 radical (unpaired) electrons. The topological polar surface area (TPSA) is 85.8 Å². The van der Waals surface area contributed by atoms with Gasteiger partial charge in [-0.3, -0.25) is 9.48 Å². The van der Waals surface area contributed by atoms with Gasteiger partial charge in [0, 0.05) is 0 Å². The Balaban J connectivity index is 2.07. The smallest absolute Gasteiger partial charge is 0.247 e. The molecule has 6 nitrogen and oxygen atoms in total. The number of amides is 1. The summed E-state index contributed by atoms with van der Waals surface area (Å²) in [6.45, 7) is 3.55. The highest BCUT2D eigenvalue weighted by atomic mass is 19.1. The number of pyridine rings is 1. The molecule has 0 fully saturated rings. The van der Waals surface area contributed by atoms with Gasteiger partial charge in [0.1, 0.15) is 12.4 Å². The van der Waals surface area contributed by atoms with Crippen molar-refractivity contribution in [2.75, 3.05) is 11.1 Å². The van der Waals surface area contributed by atoms with Gasteiger partial charge in [0.15, 0.2) is 0 Å². The number of nitrogens with one attached hydrogen (secondary N) is 1. The minimum absolute atomic E-state index is 0.00205. The van der Waals surface area contributed by atoms with Gasteiger partial charge >= 0.3 is 0 Å². The van der Waals surface area contributed by atoms with E-state index in [1.807, 2.05) is 0 Å². The van der Waals surface area contributed by atoms with E-state index in [9.17, 15) is 9.18 Å². The molecule has 2 rings (SSSR count). The SMILES string of the molecule is Cc1nn(CC(=O)Nc2cccc(F)n2)c(C)c1N. The highest BCUT2D eigenvalue weighted by molar-refractivity contribution is 5.89. The van der Waals surface area contributed by atoms with Gasteiger partial charge in [-0.1, -0.05) is 6.07 Å². The number of nitrogens with zero attached hydrogens (tertiary/aromatic N) is 3. The van der Waals surface area contributed by atoms with E-state index in [4.69, 9.17) is 5.73 Å². The Morgan fingerprint density at radius 1 is 1.47 bits per heavy atom. The number of anilines is 2. The molecule has 0 saturated carbocycles. The second-order valence-electron chi connectivity index (χ2n) is 4.14. The van der Waals surface area contributed by atoms with E-state index in [1.54, 1.807) is 13.8 Å². The van der Waals surface area contributed by atoms with Crippen molar-refractivity contribution >= 4 is 17.4 Å². The number of aryl methyl sites for hydroxylation is 1. The van der Waals surface area contributed by atoms with Crippen LogP contribution >= 0.6 is 0 Å². The normalized spacial score (nSPS) is 10.5. The van der Waals surface area contributed by atoms with E-state index < -0.39 is 5.95 Å². The number of aromatic nitrogens is 3. The van der Waals surface area contributed by atoms with Crippen molar-refractivity contribution in [1.82, 2.24) is 14.8 Å². The van der Waals surface area contributed by atoms with Crippen molar-refractivity contribution < 1.29 is 9.18 Å². The monoisotopic (exact) mass is 263 g/mol. The number of nitrogens with two attached hydrogens (primary N) is 1. The fourth-order valence-electron chi connectivity index (χ4n) is 1.66. The first-order valence-electron chi connectivity index (χ1n) is 5.69. The molecule has 0 aliphatic heterocycles.